The van der Waals surface area contributed by atoms with Gasteiger partial charge in [0.15, 0.2) is 0 Å². The average Bonchev–Trinajstić information content (AvgIpc) is 2.73. The van der Waals surface area contributed by atoms with E-state index < -0.39 is 5.97 Å². The Kier molecular flexibility index (Phi) is 35.6. The van der Waals surface area contributed by atoms with Crippen molar-refractivity contribution >= 4 is 5.97 Å². The summed E-state index contributed by atoms with van der Waals surface area (Å²) in [4.78, 5) is 10.3. The van der Waals surface area contributed by atoms with E-state index >= 15 is 0 Å². The molecule has 0 aromatic carbocycles. The Morgan fingerprint density at radius 3 is 1.80 bits per heavy atom. The summed E-state index contributed by atoms with van der Waals surface area (Å²) in [6.07, 6.45) is 23.3. The van der Waals surface area contributed by atoms with Crippen molar-refractivity contribution in [3.8, 4) is 0 Å². The van der Waals surface area contributed by atoms with Crippen LogP contribution in [0.3, 0.4) is 0 Å². The molecule has 1 rings (SSSR count). The molecular weight excluding hydrogens is 380 g/mol. The number of aliphatic carboxylic acids is 1. The molecular formula is C24H48N2O4. The van der Waals surface area contributed by atoms with Gasteiger partial charge in [-0.25, -0.2) is 0 Å². The number of carbonyl (C=O) groups is 1. The lowest BCUT2D eigenvalue weighted by atomic mass is 10.1. The van der Waals surface area contributed by atoms with Gasteiger partial charge in [0.2, 0.25) is 0 Å². The van der Waals surface area contributed by atoms with E-state index in [1.807, 2.05) is 0 Å². The quantitative estimate of drug-likeness (QED) is 0.230. The zero-order chi connectivity index (χ0) is 21.8. The average molecular weight is 429 g/mol. The van der Waals surface area contributed by atoms with Crippen LogP contribution < -0.4 is 11.5 Å². The summed E-state index contributed by atoms with van der Waals surface area (Å²) < 4.78 is 5.01. The molecule has 1 heterocycles. The second-order valence-corrected chi connectivity index (χ2v) is 6.76. The molecule has 0 radical (unpaired) electrons. The van der Waals surface area contributed by atoms with E-state index in [0.29, 0.717) is 6.42 Å². The van der Waals surface area contributed by atoms with Crippen LogP contribution in [0.5, 0.6) is 0 Å². The number of carboxylic acids is 1. The van der Waals surface area contributed by atoms with Crippen LogP contribution in [0.25, 0.3) is 0 Å². The molecule has 1 aliphatic heterocycles. The van der Waals surface area contributed by atoms with Crippen LogP contribution >= 0.6 is 0 Å². The molecule has 0 saturated carbocycles. The Balaban J connectivity index is -0.000000600. The van der Waals surface area contributed by atoms with E-state index in [-0.39, 0.29) is 12.8 Å². The minimum absolute atomic E-state index is 0. The molecule has 6 heteroatoms. The first-order chi connectivity index (χ1) is 14.2. The van der Waals surface area contributed by atoms with Gasteiger partial charge in [-0.1, -0.05) is 75.5 Å². The third kappa shape index (κ3) is 37.3. The number of rotatable bonds is 13. The maximum absolute atomic E-state index is 10.3. The van der Waals surface area contributed by atoms with Crippen molar-refractivity contribution in [3.05, 3.63) is 36.5 Å². The monoisotopic (exact) mass is 428 g/mol. The van der Waals surface area contributed by atoms with Crippen LogP contribution in [0.4, 0.5) is 0 Å². The highest BCUT2D eigenvalue weighted by atomic mass is 16.5. The Bertz CT molecular complexity index is 395. The lowest BCUT2D eigenvalue weighted by Gasteiger charge is -2.10. The maximum atomic E-state index is 10.3. The molecule has 178 valence electrons. The van der Waals surface area contributed by atoms with Crippen molar-refractivity contribution in [2.45, 2.75) is 78.1 Å². The third-order valence-corrected chi connectivity index (χ3v) is 3.94. The number of aliphatic hydroxyl groups is 1. The predicted molar refractivity (Wildman–Crippen MR) is 128 cm³/mol. The van der Waals surface area contributed by atoms with Crippen LogP contribution in [0, 0.1) is 0 Å². The number of allylic oxidation sites excluding steroid dienone is 6. The van der Waals surface area contributed by atoms with Gasteiger partial charge in [-0.05, 0) is 32.6 Å². The van der Waals surface area contributed by atoms with E-state index in [4.69, 9.17) is 14.9 Å². The second-order valence-electron chi connectivity index (χ2n) is 6.76. The molecule has 1 aliphatic rings. The van der Waals surface area contributed by atoms with Crippen molar-refractivity contribution in [3.63, 3.8) is 0 Å². The van der Waals surface area contributed by atoms with Crippen LogP contribution in [0.15, 0.2) is 36.5 Å². The molecule has 0 unspecified atom stereocenters. The molecule has 6 N–H and O–H groups in total. The van der Waals surface area contributed by atoms with Crippen molar-refractivity contribution < 1.29 is 19.7 Å². The molecule has 0 aromatic rings. The maximum Gasteiger partial charge on any atom is 0.303 e. The Hall–Kier alpha value is -1.47. The standard InChI is InChI=1S/C18H30O2.C4H9NO.C2H6O.H3N/c1-2-3-4-5-6-7-8-9-10-11-12-13-14-15-16-17-18(19)20;1-3-6-4-2-5-1;1-2-3;/h5-10H,2-4,11-17H2,1H3,(H,19,20);5H,1-4H2;3H,2H2,1H3;1H3. The molecule has 1 saturated heterocycles. The van der Waals surface area contributed by atoms with Crippen molar-refractivity contribution in [2.24, 2.45) is 0 Å². The van der Waals surface area contributed by atoms with Gasteiger partial charge < -0.3 is 26.4 Å². The second kappa shape index (κ2) is 32.2. The number of hydrogen-bond acceptors (Lipinski definition) is 5. The number of hydrogen-bond donors (Lipinski definition) is 4. The summed E-state index contributed by atoms with van der Waals surface area (Å²) >= 11 is 0. The van der Waals surface area contributed by atoms with Gasteiger partial charge in [-0.2, -0.15) is 0 Å². The highest BCUT2D eigenvalue weighted by molar-refractivity contribution is 5.66. The van der Waals surface area contributed by atoms with Crippen LogP contribution in [-0.4, -0.2) is 49.1 Å². The predicted octanol–water partition coefficient (Wildman–Crippen LogP) is 5.43. The first kappa shape index (κ1) is 33.2. The van der Waals surface area contributed by atoms with E-state index in [2.05, 4.69) is 48.7 Å². The number of aliphatic hydroxyl groups excluding tert-OH is 1. The molecule has 0 aromatic heterocycles. The van der Waals surface area contributed by atoms with Crippen LogP contribution in [0.1, 0.15) is 78.1 Å². The van der Waals surface area contributed by atoms with Gasteiger partial charge >= 0.3 is 5.97 Å². The Morgan fingerprint density at radius 1 is 0.867 bits per heavy atom. The fraction of sp³-hybridized carbons (Fsp3) is 0.708. The molecule has 30 heavy (non-hydrogen) atoms. The van der Waals surface area contributed by atoms with Gasteiger partial charge in [0.1, 0.15) is 0 Å². The SMILES string of the molecule is C1COCCN1.CCCCC=CC=CC=CCCCCCCCC(=O)O.CCO.N. The molecule has 1 fully saturated rings. The van der Waals surface area contributed by atoms with Crippen molar-refractivity contribution in [1.29, 1.82) is 0 Å². The number of unbranched alkanes of at least 4 members (excludes halogenated alkanes) is 7. The number of morpholine rings is 1. The van der Waals surface area contributed by atoms with E-state index in [1.54, 1.807) is 6.92 Å². The third-order valence-electron chi connectivity index (χ3n) is 3.94. The number of ether oxygens (including phenoxy) is 1. The molecule has 6 nitrogen and oxygen atoms in total. The van der Waals surface area contributed by atoms with Crippen LogP contribution in [-0.2, 0) is 9.53 Å². The summed E-state index contributed by atoms with van der Waals surface area (Å²) in [6.45, 7) is 7.97. The molecule has 0 amide bonds. The topological polar surface area (TPSA) is 114 Å². The number of nitrogens with one attached hydrogen (secondary N) is 1. The fourth-order valence-electron chi connectivity index (χ4n) is 2.38. The van der Waals surface area contributed by atoms with E-state index in [1.165, 1.54) is 32.1 Å². The molecule has 0 aliphatic carbocycles. The zero-order valence-electron chi connectivity index (χ0n) is 19.5. The fourth-order valence-corrected chi connectivity index (χ4v) is 2.38. The Labute approximate surface area is 185 Å². The molecule has 0 atom stereocenters. The zero-order valence-corrected chi connectivity index (χ0v) is 19.5. The normalized spacial score (nSPS) is 13.4. The smallest absolute Gasteiger partial charge is 0.303 e. The van der Waals surface area contributed by atoms with E-state index in [0.717, 1.165) is 52.0 Å². The lowest BCUT2D eigenvalue weighted by Crippen LogP contribution is -2.30. The van der Waals surface area contributed by atoms with Gasteiger partial charge in [0.25, 0.3) is 0 Å². The van der Waals surface area contributed by atoms with Gasteiger partial charge in [0, 0.05) is 26.1 Å². The van der Waals surface area contributed by atoms with Gasteiger partial charge in [0.05, 0.1) is 13.2 Å². The summed E-state index contributed by atoms with van der Waals surface area (Å²) in [5.74, 6) is -0.677. The Morgan fingerprint density at radius 2 is 1.37 bits per heavy atom. The van der Waals surface area contributed by atoms with E-state index in [9.17, 15) is 4.79 Å². The lowest BCUT2D eigenvalue weighted by molar-refractivity contribution is -0.137. The van der Waals surface area contributed by atoms with Gasteiger partial charge in [-0.3, -0.25) is 4.79 Å². The minimum atomic E-state index is -0.677. The molecule has 0 bridgehead atoms. The summed E-state index contributed by atoms with van der Waals surface area (Å²) in [5, 5.41) is 19.2. The van der Waals surface area contributed by atoms with Crippen molar-refractivity contribution in [2.75, 3.05) is 32.9 Å². The summed E-state index contributed by atoms with van der Waals surface area (Å²) in [6, 6.07) is 0. The first-order valence-electron chi connectivity index (χ1n) is 11.3. The minimum Gasteiger partial charge on any atom is -0.481 e. The van der Waals surface area contributed by atoms with Crippen molar-refractivity contribution in [1.82, 2.24) is 11.5 Å². The largest absolute Gasteiger partial charge is 0.481 e. The highest BCUT2D eigenvalue weighted by Crippen LogP contribution is 2.07. The molecule has 0 spiro atoms. The summed E-state index contributed by atoms with van der Waals surface area (Å²) in [5.41, 5.74) is 0. The van der Waals surface area contributed by atoms with Gasteiger partial charge in [-0.15, -0.1) is 0 Å². The summed E-state index contributed by atoms with van der Waals surface area (Å²) in [7, 11) is 0. The number of carboxylic acid groups (broad SMARTS) is 1. The van der Waals surface area contributed by atoms with Crippen LogP contribution in [0.2, 0.25) is 0 Å². The highest BCUT2D eigenvalue weighted by Gasteiger charge is 1.95. The first-order valence-corrected chi connectivity index (χ1v) is 11.3.